The first-order chi connectivity index (χ1) is 7.32. The van der Waals surface area contributed by atoms with Crippen molar-refractivity contribution in [3.8, 4) is 0 Å². The van der Waals surface area contributed by atoms with Crippen LogP contribution in [-0.4, -0.2) is 34.7 Å². The molecule has 2 N–H and O–H groups in total. The highest BCUT2D eigenvalue weighted by molar-refractivity contribution is 5.85. The number of nitrogens with two attached hydrogens (primary N) is 1. The van der Waals surface area contributed by atoms with Gasteiger partial charge in [-0.2, -0.15) is 0 Å². The normalized spacial score (nSPS) is 26.4. The third kappa shape index (κ3) is 3.26. The number of hydrogen-bond donors (Lipinski definition) is 1. The fraction of sp³-hybridized carbons (Fsp3) is 0.917. The molecule has 1 saturated heterocycles. The summed E-state index contributed by atoms with van der Waals surface area (Å²) in [6.45, 7) is 6.34. The summed E-state index contributed by atoms with van der Waals surface area (Å²) in [4.78, 5) is 13.9. The van der Waals surface area contributed by atoms with Gasteiger partial charge in [-0.3, -0.25) is 0 Å². The van der Waals surface area contributed by atoms with E-state index in [1.54, 1.807) is 0 Å². The van der Waals surface area contributed by atoms with E-state index in [4.69, 9.17) is 10.5 Å². The fourth-order valence-corrected chi connectivity index (χ4v) is 2.36. The molecule has 0 bridgehead atoms. The molecular formula is C12H23ClN2O2. The topological polar surface area (TPSA) is 55.6 Å². The van der Waals surface area contributed by atoms with Gasteiger partial charge in [-0.15, -0.1) is 12.4 Å². The minimum Gasteiger partial charge on any atom is -0.444 e. The van der Waals surface area contributed by atoms with Crippen molar-refractivity contribution in [2.75, 3.05) is 6.54 Å². The van der Waals surface area contributed by atoms with Gasteiger partial charge in [-0.1, -0.05) is 0 Å². The Balaban J connectivity index is 0.00000144. The van der Waals surface area contributed by atoms with Crippen molar-refractivity contribution in [3.05, 3.63) is 0 Å². The summed E-state index contributed by atoms with van der Waals surface area (Å²) in [5, 5.41) is 0. The van der Waals surface area contributed by atoms with E-state index in [0.29, 0.717) is 6.54 Å². The van der Waals surface area contributed by atoms with Crippen molar-refractivity contribution in [2.45, 2.75) is 63.6 Å². The lowest BCUT2D eigenvalue weighted by molar-refractivity contribution is 0.00344. The second-order valence-electron chi connectivity index (χ2n) is 6.11. The van der Waals surface area contributed by atoms with Crippen LogP contribution < -0.4 is 5.73 Å². The predicted octanol–water partition coefficient (Wildman–Crippen LogP) is 2.30. The maximum absolute atomic E-state index is 12.1. The molecule has 2 aliphatic rings. The van der Waals surface area contributed by atoms with Crippen LogP contribution in [-0.2, 0) is 4.74 Å². The van der Waals surface area contributed by atoms with Gasteiger partial charge in [0.2, 0.25) is 0 Å². The Labute approximate surface area is 109 Å². The molecule has 1 aliphatic heterocycles. The summed E-state index contributed by atoms with van der Waals surface area (Å²) in [5.74, 6) is 0. The Kier molecular flexibility index (Phi) is 3.99. The third-order valence-corrected chi connectivity index (χ3v) is 3.41. The lowest BCUT2D eigenvalue weighted by Gasteiger charge is -2.39. The first kappa shape index (κ1) is 14.6. The number of likely N-dealkylation sites (tertiary alicyclic amines) is 1. The van der Waals surface area contributed by atoms with Crippen LogP contribution in [0, 0.1) is 0 Å². The van der Waals surface area contributed by atoms with Gasteiger partial charge >= 0.3 is 6.09 Å². The summed E-state index contributed by atoms with van der Waals surface area (Å²) >= 11 is 0. The molecule has 0 radical (unpaired) electrons. The largest absolute Gasteiger partial charge is 0.444 e. The van der Waals surface area contributed by atoms with E-state index in [9.17, 15) is 4.79 Å². The summed E-state index contributed by atoms with van der Waals surface area (Å²) in [5.41, 5.74) is 5.60. The van der Waals surface area contributed by atoms with Gasteiger partial charge in [0.25, 0.3) is 0 Å². The summed E-state index contributed by atoms with van der Waals surface area (Å²) < 4.78 is 5.43. The van der Waals surface area contributed by atoms with Gasteiger partial charge in [0, 0.05) is 18.1 Å². The van der Waals surface area contributed by atoms with Crippen LogP contribution in [0.15, 0.2) is 0 Å². The predicted molar refractivity (Wildman–Crippen MR) is 69.4 cm³/mol. The quantitative estimate of drug-likeness (QED) is 0.729. The van der Waals surface area contributed by atoms with Crippen LogP contribution in [0.4, 0.5) is 4.79 Å². The number of carbonyl (C=O) groups excluding carboxylic acids is 1. The average molecular weight is 263 g/mol. The van der Waals surface area contributed by atoms with Gasteiger partial charge in [0.05, 0.1) is 0 Å². The molecule has 1 spiro atoms. The highest BCUT2D eigenvalue weighted by Gasteiger charge is 2.53. The molecule has 1 aliphatic carbocycles. The van der Waals surface area contributed by atoms with Crippen LogP contribution in [0.5, 0.6) is 0 Å². The van der Waals surface area contributed by atoms with E-state index >= 15 is 0 Å². The second-order valence-corrected chi connectivity index (χ2v) is 6.11. The van der Waals surface area contributed by atoms with Crippen molar-refractivity contribution in [2.24, 2.45) is 5.73 Å². The van der Waals surface area contributed by atoms with E-state index in [1.807, 2.05) is 25.7 Å². The third-order valence-electron chi connectivity index (χ3n) is 3.41. The molecule has 0 aromatic carbocycles. The van der Waals surface area contributed by atoms with Crippen molar-refractivity contribution in [3.63, 3.8) is 0 Å². The molecule has 0 aromatic rings. The molecule has 2 rings (SSSR count). The van der Waals surface area contributed by atoms with Crippen LogP contribution in [0.1, 0.15) is 46.5 Å². The van der Waals surface area contributed by atoms with Crippen LogP contribution in [0.3, 0.4) is 0 Å². The molecule has 5 heteroatoms. The summed E-state index contributed by atoms with van der Waals surface area (Å²) in [7, 11) is 0. The van der Waals surface area contributed by atoms with E-state index in [1.165, 1.54) is 0 Å². The Hall–Kier alpha value is -0.480. The average Bonchev–Trinajstić information content (AvgIpc) is 2.88. The van der Waals surface area contributed by atoms with Gasteiger partial charge in [0.15, 0.2) is 0 Å². The Morgan fingerprint density at radius 1 is 1.35 bits per heavy atom. The number of rotatable bonds is 0. The van der Waals surface area contributed by atoms with Gasteiger partial charge in [0.1, 0.15) is 5.60 Å². The number of ether oxygens (including phenoxy) is 1. The molecule has 0 aromatic heterocycles. The van der Waals surface area contributed by atoms with E-state index in [-0.39, 0.29) is 30.1 Å². The Morgan fingerprint density at radius 2 is 1.94 bits per heavy atom. The number of halogens is 1. The van der Waals surface area contributed by atoms with Crippen LogP contribution in [0.2, 0.25) is 0 Å². The first-order valence-corrected chi connectivity index (χ1v) is 6.09. The molecule has 1 heterocycles. The number of amides is 1. The van der Waals surface area contributed by atoms with Gasteiger partial charge in [-0.25, -0.2) is 4.79 Å². The zero-order valence-electron chi connectivity index (χ0n) is 10.9. The minimum atomic E-state index is -0.422. The Bertz CT molecular complexity index is 297. The molecule has 1 unspecified atom stereocenters. The first-order valence-electron chi connectivity index (χ1n) is 6.09. The molecular weight excluding hydrogens is 240 g/mol. The van der Waals surface area contributed by atoms with Crippen molar-refractivity contribution < 1.29 is 9.53 Å². The zero-order chi connectivity index (χ0) is 12.0. The van der Waals surface area contributed by atoms with Gasteiger partial charge < -0.3 is 15.4 Å². The number of nitrogens with zero attached hydrogens (tertiary/aromatic N) is 1. The zero-order valence-corrected chi connectivity index (χ0v) is 11.7. The smallest absolute Gasteiger partial charge is 0.410 e. The fourth-order valence-electron chi connectivity index (χ4n) is 2.36. The maximum Gasteiger partial charge on any atom is 0.410 e. The van der Waals surface area contributed by atoms with Crippen LogP contribution in [0.25, 0.3) is 0 Å². The number of hydrogen-bond acceptors (Lipinski definition) is 3. The minimum absolute atomic E-state index is 0. The summed E-state index contributed by atoms with van der Waals surface area (Å²) in [6, 6.07) is 0.110. The van der Waals surface area contributed by atoms with E-state index in [0.717, 1.165) is 25.7 Å². The highest BCUT2D eigenvalue weighted by atomic mass is 35.5. The van der Waals surface area contributed by atoms with Crippen molar-refractivity contribution in [1.82, 2.24) is 4.90 Å². The standard InChI is InChI=1S/C12H22N2O2.ClH/c1-11(2,3)16-10(15)14-8-9(13)4-5-12(14)6-7-12;/h9H,4-8,13H2,1-3H3;1H. The number of piperidine rings is 1. The van der Waals surface area contributed by atoms with Crippen molar-refractivity contribution in [1.29, 1.82) is 0 Å². The second kappa shape index (κ2) is 4.65. The Morgan fingerprint density at radius 3 is 2.41 bits per heavy atom. The SMILES string of the molecule is CC(C)(C)OC(=O)N1CC(N)CCC12CC2.Cl. The van der Waals surface area contributed by atoms with Gasteiger partial charge in [-0.05, 0) is 46.5 Å². The highest BCUT2D eigenvalue weighted by Crippen LogP contribution is 2.48. The molecule has 17 heavy (non-hydrogen) atoms. The maximum atomic E-state index is 12.1. The molecule has 1 amide bonds. The number of carbonyl (C=O) groups is 1. The molecule has 2 fully saturated rings. The molecule has 4 nitrogen and oxygen atoms in total. The lowest BCUT2D eigenvalue weighted by Crippen LogP contribution is -2.54. The molecule has 1 atom stereocenters. The van der Waals surface area contributed by atoms with Crippen LogP contribution >= 0.6 is 12.4 Å². The van der Waals surface area contributed by atoms with E-state index in [2.05, 4.69) is 0 Å². The lowest BCUT2D eigenvalue weighted by atomic mass is 9.97. The monoisotopic (exact) mass is 262 g/mol. The molecule has 1 saturated carbocycles. The van der Waals surface area contributed by atoms with Crippen molar-refractivity contribution >= 4 is 18.5 Å². The molecule has 100 valence electrons. The summed E-state index contributed by atoms with van der Waals surface area (Å²) in [6.07, 6.45) is 4.09. The van der Waals surface area contributed by atoms with E-state index < -0.39 is 5.60 Å².